The Kier molecular flexibility index (Phi) is 3.92. The van der Waals surface area contributed by atoms with Crippen LogP contribution in [0.5, 0.6) is 0 Å². The maximum atomic E-state index is 12.7. The fraction of sp³-hybridized carbons (Fsp3) is 0.500. The molecule has 0 saturated carbocycles. The number of anilines is 1. The Bertz CT molecular complexity index is 571. The SMILES string of the molecule is O=C1Cc2cc(C(=O)N3CCCCCC3CO)ccc2N1. The number of fused-ring (bicyclic) bond motifs is 1. The van der Waals surface area contributed by atoms with E-state index in [-0.39, 0.29) is 24.5 Å². The number of hydrogen-bond acceptors (Lipinski definition) is 3. The average molecular weight is 288 g/mol. The first kappa shape index (κ1) is 14.1. The molecule has 2 N–H and O–H groups in total. The van der Waals surface area contributed by atoms with E-state index >= 15 is 0 Å². The molecule has 21 heavy (non-hydrogen) atoms. The quantitative estimate of drug-likeness (QED) is 0.867. The van der Waals surface area contributed by atoms with Crippen molar-refractivity contribution < 1.29 is 14.7 Å². The molecule has 1 unspecified atom stereocenters. The van der Waals surface area contributed by atoms with Crippen molar-refractivity contribution in [2.45, 2.75) is 38.1 Å². The molecule has 0 spiro atoms. The monoisotopic (exact) mass is 288 g/mol. The van der Waals surface area contributed by atoms with Gasteiger partial charge in [0.05, 0.1) is 19.1 Å². The van der Waals surface area contributed by atoms with E-state index < -0.39 is 0 Å². The van der Waals surface area contributed by atoms with Gasteiger partial charge in [-0.2, -0.15) is 0 Å². The number of amides is 2. The fourth-order valence-electron chi connectivity index (χ4n) is 3.16. The van der Waals surface area contributed by atoms with Gasteiger partial charge in [-0.1, -0.05) is 12.8 Å². The smallest absolute Gasteiger partial charge is 0.254 e. The summed E-state index contributed by atoms with van der Waals surface area (Å²) in [6, 6.07) is 5.26. The van der Waals surface area contributed by atoms with Crippen molar-refractivity contribution in [1.29, 1.82) is 0 Å². The number of rotatable bonds is 2. The third-order valence-electron chi connectivity index (χ3n) is 4.33. The summed E-state index contributed by atoms with van der Waals surface area (Å²) < 4.78 is 0. The second kappa shape index (κ2) is 5.85. The summed E-state index contributed by atoms with van der Waals surface area (Å²) in [6.45, 7) is 0.703. The van der Waals surface area contributed by atoms with Crippen LogP contribution >= 0.6 is 0 Å². The van der Waals surface area contributed by atoms with Crippen LogP contribution in [0.25, 0.3) is 0 Å². The van der Waals surface area contributed by atoms with Gasteiger partial charge in [0, 0.05) is 17.8 Å². The number of likely N-dealkylation sites (tertiary alicyclic amines) is 1. The Morgan fingerprint density at radius 1 is 1.33 bits per heavy atom. The third-order valence-corrected chi connectivity index (χ3v) is 4.33. The lowest BCUT2D eigenvalue weighted by atomic mass is 10.1. The molecule has 2 amide bonds. The van der Waals surface area contributed by atoms with Crippen LogP contribution in [0, 0.1) is 0 Å². The molecular formula is C16H20N2O3. The van der Waals surface area contributed by atoms with E-state index in [1.54, 1.807) is 23.1 Å². The Hall–Kier alpha value is -1.88. The molecule has 1 aromatic carbocycles. The largest absolute Gasteiger partial charge is 0.394 e. The first-order chi connectivity index (χ1) is 10.2. The highest BCUT2D eigenvalue weighted by Gasteiger charge is 2.27. The molecule has 5 nitrogen and oxygen atoms in total. The van der Waals surface area contributed by atoms with Gasteiger partial charge in [-0.3, -0.25) is 9.59 Å². The van der Waals surface area contributed by atoms with Gasteiger partial charge in [0.15, 0.2) is 0 Å². The zero-order valence-electron chi connectivity index (χ0n) is 12.0. The highest BCUT2D eigenvalue weighted by molar-refractivity contribution is 6.01. The van der Waals surface area contributed by atoms with Crippen molar-refractivity contribution in [3.05, 3.63) is 29.3 Å². The zero-order valence-corrected chi connectivity index (χ0v) is 12.0. The van der Waals surface area contributed by atoms with Crippen LogP contribution in [0.2, 0.25) is 0 Å². The Balaban J connectivity index is 1.84. The van der Waals surface area contributed by atoms with Crippen molar-refractivity contribution >= 4 is 17.5 Å². The number of hydrogen-bond donors (Lipinski definition) is 2. The lowest BCUT2D eigenvalue weighted by molar-refractivity contribution is -0.115. The van der Waals surface area contributed by atoms with Gasteiger partial charge in [0.1, 0.15) is 0 Å². The topological polar surface area (TPSA) is 69.6 Å². The van der Waals surface area contributed by atoms with Crippen LogP contribution in [0.3, 0.4) is 0 Å². The molecule has 2 heterocycles. The van der Waals surface area contributed by atoms with Gasteiger partial charge in [0.2, 0.25) is 5.91 Å². The third kappa shape index (κ3) is 2.78. The van der Waals surface area contributed by atoms with E-state index in [1.165, 1.54) is 0 Å². The minimum absolute atomic E-state index is 0.0106. The number of nitrogens with zero attached hydrogens (tertiary/aromatic N) is 1. The fourth-order valence-corrected chi connectivity index (χ4v) is 3.16. The second-order valence-corrected chi connectivity index (χ2v) is 5.78. The summed E-state index contributed by atoms with van der Waals surface area (Å²) in [7, 11) is 0. The van der Waals surface area contributed by atoms with Gasteiger partial charge >= 0.3 is 0 Å². The van der Waals surface area contributed by atoms with Crippen LogP contribution in [0.15, 0.2) is 18.2 Å². The van der Waals surface area contributed by atoms with Crippen molar-refractivity contribution in [1.82, 2.24) is 4.90 Å². The van der Waals surface area contributed by atoms with E-state index in [2.05, 4.69) is 5.32 Å². The minimum atomic E-state index is -0.0898. The van der Waals surface area contributed by atoms with E-state index in [0.717, 1.165) is 36.9 Å². The zero-order chi connectivity index (χ0) is 14.8. The predicted octanol–water partition coefficient (Wildman–Crippen LogP) is 1.56. The molecule has 5 heteroatoms. The van der Waals surface area contributed by atoms with Crippen LogP contribution in [0.1, 0.15) is 41.6 Å². The predicted molar refractivity (Wildman–Crippen MR) is 79.2 cm³/mol. The molecule has 1 aromatic rings. The average Bonchev–Trinajstić information content (AvgIpc) is 2.71. The van der Waals surface area contributed by atoms with Crippen LogP contribution in [-0.4, -0.2) is 41.0 Å². The number of aliphatic hydroxyl groups excluding tert-OH is 1. The molecule has 1 fully saturated rings. The molecular weight excluding hydrogens is 268 g/mol. The van der Waals surface area contributed by atoms with Gasteiger partial charge in [-0.15, -0.1) is 0 Å². The van der Waals surface area contributed by atoms with Crippen LogP contribution < -0.4 is 5.32 Å². The molecule has 3 rings (SSSR count). The number of benzene rings is 1. The van der Waals surface area contributed by atoms with Crippen molar-refractivity contribution in [2.24, 2.45) is 0 Å². The number of carbonyl (C=O) groups excluding carboxylic acids is 2. The highest BCUT2D eigenvalue weighted by Crippen LogP contribution is 2.26. The van der Waals surface area contributed by atoms with Crippen LogP contribution in [0.4, 0.5) is 5.69 Å². The van der Waals surface area contributed by atoms with Gasteiger partial charge < -0.3 is 15.3 Å². The molecule has 0 aromatic heterocycles. The van der Waals surface area contributed by atoms with E-state index in [4.69, 9.17) is 0 Å². The van der Waals surface area contributed by atoms with E-state index in [1.807, 2.05) is 0 Å². The first-order valence-electron chi connectivity index (χ1n) is 7.53. The normalized spacial score (nSPS) is 21.7. The number of nitrogens with one attached hydrogen (secondary N) is 1. The standard InChI is InChI=1S/C16H20N2O3/c19-10-13-4-2-1-3-7-18(13)16(21)11-5-6-14-12(8-11)9-15(20)17-14/h5-6,8,13,19H,1-4,7,9-10H2,(H,17,20). The molecule has 2 aliphatic heterocycles. The number of aliphatic hydroxyl groups is 1. The Morgan fingerprint density at radius 3 is 3.00 bits per heavy atom. The van der Waals surface area contributed by atoms with E-state index in [9.17, 15) is 14.7 Å². The molecule has 0 aliphatic carbocycles. The molecule has 2 aliphatic rings. The van der Waals surface area contributed by atoms with Crippen molar-refractivity contribution in [3.63, 3.8) is 0 Å². The van der Waals surface area contributed by atoms with Crippen molar-refractivity contribution in [2.75, 3.05) is 18.5 Å². The first-order valence-corrected chi connectivity index (χ1v) is 7.53. The summed E-state index contributed by atoms with van der Waals surface area (Å²) in [5.41, 5.74) is 2.28. The molecule has 1 atom stereocenters. The number of carbonyl (C=O) groups is 2. The van der Waals surface area contributed by atoms with Crippen LogP contribution in [-0.2, 0) is 11.2 Å². The highest BCUT2D eigenvalue weighted by atomic mass is 16.3. The molecule has 0 bridgehead atoms. The van der Waals surface area contributed by atoms with E-state index in [0.29, 0.717) is 18.5 Å². The molecule has 112 valence electrons. The summed E-state index contributed by atoms with van der Waals surface area (Å²) in [4.78, 5) is 25.9. The molecule has 1 saturated heterocycles. The summed E-state index contributed by atoms with van der Waals surface area (Å²) in [5, 5.41) is 12.3. The van der Waals surface area contributed by atoms with Gasteiger partial charge in [-0.25, -0.2) is 0 Å². The van der Waals surface area contributed by atoms with Crippen molar-refractivity contribution in [3.8, 4) is 0 Å². The maximum Gasteiger partial charge on any atom is 0.254 e. The van der Waals surface area contributed by atoms with Gasteiger partial charge in [-0.05, 0) is 36.6 Å². The molecule has 0 radical (unpaired) electrons. The Morgan fingerprint density at radius 2 is 2.19 bits per heavy atom. The maximum absolute atomic E-state index is 12.7. The minimum Gasteiger partial charge on any atom is -0.394 e. The Labute approximate surface area is 123 Å². The summed E-state index contributed by atoms with van der Waals surface area (Å²) in [5.74, 6) is -0.0734. The summed E-state index contributed by atoms with van der Waals surface area (Å²) >= 11 is 0. The lowest BCUT2D eigenvalue weighted by Gasteiger charge is -2.28. The second-order valence-electron chi connectivity index (χ2n) is 5.78. The summed E-state index contributed by atoms with van der Waals surface area (Å²) in [6.07, 6.45) is 4.32. The lowest BCUT2D eigenvalue weighted by Crippen LogP contribution is -2.42. The van der Waals surface area contributed by atoms with Gasteiger partial charge in [0.25, 0.3) is 5.91 Å².